The van der Waals surface area contributed by atoms with Crippen LogP contribution in [0.25, 0.3) is 0 Å². The molecule has 1 fully saturated rings. The van der Waals surface area contributed by atoms with Gasteiger partial charge >= 0.3 is 11.9 Å². The van der Waals surface area contributed by atoms with E-state index >= 15 is 0 Å². The van der Waals surface area contributed by atoms with Crippen LogP contribution < -0.4 is 29.0 Å². The van der Waals surface area contributed by atoms with Gasteiger partial charge in [0.1, 0.15) is 17.1 Å². The number of alkyl halides is 3. The first-order valence-electron chi connectivity index (χ1n) is 11.6. The van der Waals surface area contributed by atoms with E-state index in [0.29, 0.717) is 42.7 Å². The second-order valence-electron chi connectivity index (χ2n) is 8.91. The summed E-state index contributed by atoms with van der Waals surface area (Å²) >= 11 is 0.463. The molecule has 2 heterocycles. The van der Waals surface area contributed by atoms with Gasteiger partial charge in [-0.1, -0.05) is 11.3 Å². The number of methoxy groups -OCH3 is 2. The fourth-order valence-corrected chi connectivity index (χ4v) is 6.24. The Bertz CT molecular complexity index is 1520. The molecule has 0 saturated carbocycles. The van der Waals surface area contributed by atoms with Crippen molar-refractivity contribution in [2.75, 3.05) is 32.0 Å². The number of sulfonamides is 1. The molecule has 11 nitrogen and oxygen atoms in total. The molecule has 40 heavy (non-hydrogen) atoms. The Kier molecular flexibility index (Phi) is 8.05. The fourth-order valence-electron chi connectivity index (χ4n) is 3.92. The molecule has 4 rings (SSSR count). The highest BCUT2D eigenvalue weighted by molar-refractivity contribution is 7.94. The van der Waals surface area contributed by atoms with Gasteiger partial charge in [-0.3, -0.25) is 14.8 Å². The third kappa shape index (κ3) is 6.34. The van der Waals surface area contributed by atoms with E-state index in [1.807, 2.05) is 0 Å². The van der Waals surface area contributed by atoms with Crippen LogP contribution in [0, 0.1) is 10.1 Å². The highest BCUT2D eigenvalue weighted by atomic mass is 32.2. The number of benzene rings is 2. The van der Waals surface area contributed by atoms with Gasteiger partial charge in [-0.25, -0.2) is 8.42 Å². The molecule has 0 amide bonds. The van der Waals surface area contributed by atoms with Crippen molar-refractivity contribution in [1.82, 2.24) is 5.32 Å². The van der Waals surface area contributed by atoms with Crippen LogP contribution in [0.3, 0.4) is 0 Å². The number of hydrogen-bond acceptors (Lipinski definition) is 10. The SMILES string of the molecule is COc1ccc(Oc2sc(S(=O)(=O)Nc3ccc(C(F)(F)F)c(O[C@]4(C)CCNC4)c3)cc2[N+](=O)[O-])cc1OC. The maximum absolute atomic E-state index is 13.6. The number of anilines is 1. The van der Waals surface area contributed by atoms with E-state index in [-0.39, 0.29) is 22.2 Å². The first kappa shape index (κ1) is 29.2. The van der Waals surface area contributed by atoms with E-state index in [4.69, 9.17) is 18.9 Å². The molecule has 216 valence electrons. The number of hydrogen-bond donors (Lipinski definition) is 2. The van der Waals surface area contributed by atoms with Crippen molar-refractivity contribution in [3.63, 3.8) is 0 Å². The Hall–Kier alpha value is -3.76. The molecule has 16 heteroatoms. The monoisotopic (exact) mass is 603 g/mol. The second-order valence-corrected chi connectivity index (χ2v) is 11.8. The molecule has 0 bridgehead atoms. The molecule has 0 spiro atoms. The Morgan fingerprint density at radius 1 is 1.07 bits per heavy atom. The Morgan fingerprint density at radius 2 is 1.80 bits per heavy atom. The molecule has 1 aliphatic rings. The quantitative estimate of drug-likeness (QED) is 0.230. The van der Waals surface area contributed by atoms with Crippen LogP contribution in [0.5, 0.6) is 28.1 Å². The molecule has 0 radical (unpaired) electrons. The van der Waals surface area contributed by atoms with Crippen molar-refractivity contribution in [3.05, 3.63) is 58.1 Å². The summed E-state index contributed by atoms with van der Waals surface area (Å²) in [7, 11) is -1.68. The number of nitrogens with zero attached hydrogens (tertiary/aromatic N) is 1. The lowest BCUT2D eigenvalue weighted by Crippen LogP contribution is -2.35. The molecular formula is C24H24F3N3O8S2. The largest absolute Gasteiger partial charge is 0.493 e. The van der Waals surface area contributed by atoms with Crippen LogP contribution in [0.15, 0.2) is 46.7 Å². The van der Waals surface area contributed by atoms with Gasteiger partial charge in [0.05, 0.1) is 36.5 Å². The predicted octanol–water partition coefficient (Wildman–Crippen LogP) is 5.42. The topological polar surface area (TPSA) is 138 Å². The van der Waals surface area contributed by atoms with Crippen LogP contribution in [-0.2, 0) is 16.2 Å². The van der Waals surface area contributed by atoms with Gasteiger partial charge in [0.25, 0.3) is 15.1 Å². The standard InChI is InChI=1S/C24H24F3N3O8S2/c1-23(8-9-28-13-23)38-19-10-14(4-6-16(19)24(25,26)27)29-40(33,34)21-12-17(30(31)32)22(39-21)37-15-5-7-18(35-2)20(11-15)36-3/h4-7,10-12,28-29H,8-9,13H2,1-3H3/t23-/m1/s1. The smallest absolute Gasteiger partial charge is 0.419 e. The Morgan fingerprint density at radius 3 is 2.40 bits per heavy atom. The van der Waals surface area contributed by atoms with Crippen molar-refractivity contribution in [3.8, 4) is 28.1 Å². The number of thiophene rings is 1. The average molecular weight is 604 g/mol. The number of nitrogens with one attached hydrogen (secondary N) is 2. The maximum Gasteiger partial charge on any atom is 0.419 e. The minimum absolute atomic E-state index is 0.110. The highest BCUT2D eigenvalue weighted by Gasteiger charge is 2.38. The molecule has 1 aromatic heterocycles. The van der Waals surface area contributed by atoms with Crippen molar-refractivity contribution >= 4 is 32.7 Å². The van der Waals surface area contributed by atoms with E-state index in [0.717, 1.165) is 18.2 Å². The average Bonchev–Trinajstić information content (AvgIpc) is 3.50. The van der Waals surface area contributed by atoms with Crippen molar-refractivity contribution in [1.29, 1.82) is 0 Å². The summed E-state index contributed by atoms with van der Waals surface area (Å²) in [6, 6.07) is 7.73. The zero-order valence-electron chi connectivity index (χ0n) is 21.3. The van der Waals surface area contributed by atoms with Crippen LogP contribution in [-0.4, -0.2) is 46.3 Å². The molecule has 0 aliphatic carbocycles. The lowest BCUT2D eigenvalue weighted by atomic mass is 10.1. The summed E-state index contributed by atoms with van der Waals surface area (Å²) in [4.78, 5) is 10.8. The van der Waals surface area contributed by atoms with Gasteiger partial charge in [-0.05, 0) is 37.7 Å². The lowest BCUT2D eigenvalue weighted by Gasteiger charge is -2.27. The number of nitro groups is 1. The summed E-state index contributed by atoms with van der Waals surface area (Å²) in [6.07, 6.45) is -4.30. The summed E-state index contributed by atoms with van der Waals surface area (Å²) in [5, 5.41) is 14.3. The van der Waals surface area contributed by atoms with Gasteiger partial charge in [0, 0.05) is 25.1 Å². The maximum atomic E-state index is 13.6. The molecule has 3 aromatic rings. The minimum Gasteiger partial charge on any atom is -0.493 e. The minimum atomic E-state index is -4.75. The first-order chi connectivity index (χ1) is 18.7. The highest BCUT2D eigenvalue weighted by Crippen LogP contribution is 2.44. The first-order valence-corrected chi connectivity index (χ1v) is 13.9. The van der Waals surface area contributed by atoms with Gasteiger partial charge in [0.15, 0.2) is 15.7 Å². The normalized spacial score (nSPS) is 17.4. The van der Waals surface area contributed by atoms with Crippen LogP contribution in [0.1, 0.15) is 18.9 Å². The molecule has 1 saturated heterocycles. The van der Waals surface area contributed by atoms with Crippen molar-refractivity contribution < 1.29 is 45.5 Å². The molecule has 2 aromatic carbocycles. The third-order valence-electron chi connectivity index (χ3n) is 5.91. The number of halogens is 3. The molecule has 2 N–H and O–H groups in total. The van der Waals surface area contributed by atoms with Crippen molar-refractivity contribution in [2.24, 2.45) is 0 Å². The van der Waals surface area contributed by atoms with Crippen molar-refractivity contribution in [2.45, 2.75) is 29.3 Å². The van der Waals surface area contributed by atoms with Crippen LogP contribution in [0.4, 0.5) is 24.5 Å². The van der Waals surface area contributed by atoms with E-state index in [1.165, 1.54) is 32.4 Å². The molecule has 1 atom stereocenters. The summed E-state index contributed by atoms with van der Waals surface area (Å²) in [5.41, 5.74) is -2.85. The van der Waals surface area contributed by atoms with Gasteiger partial charge < -0.3 is 24.3 Å². The van der Waals surface area contributed by atoms with Gasteiger partial charge in [0.2, 0.25) is 0 Å². The van der Waals surface area contributed by atoms with E-state index in [2.05, 4.69) is 10.0 Å². The third-order valence-corrected chi connectivity index (χ3v) is 8.77. The van der Waals surface area contributed by atoms with Crippen LogP contribution in [0.2, 0.25) is 0 Å². The number of rotatable bonds is 10. The van der Waals surface area contributed by atoms with Gasteiger partial charge in [-0.2, -0.15) is 13.2 Å². The summed E-state index contributed by atoms with van der Waals surface area (Å²) in [6.45, 7) is 2.51. The number of ether oxygens (including phenoxy) is 4. The van der Waals surface area contributed by atoms with E-state index in [9.17, 15) is 31.7 Å². The zero-order chi connectivity index (χ0) is 29.3. The lowest BCUT2D eigenvalue weighted by molar-refractivity contribution is -0.385. The Labute approximate surface area is 231 Å². The fraction of sp³-hybridized carbons (Fsp3) is 0.333. The van der Waals surface area contributed by atoms with Gasteiger partial charge in [-0.15, -0.1) is 0 Å². The predicted molar refractivity (Wildman–Crippen MR) is 139 cm³/mol. The second kappa shape index (κ2) is 11.0. The summed E-state index contributed by atoms with van der Waals surface area (Å²) < 4.78 is 90.5. The Balaban J connectivity index is 1.65. The molecular weight excluding hydrogens is 579 g/mol. The van der Waals surface area contributed by atoms with Crippen LogP contribution >= 0.6 is 11.3 Å². The molecule has 0 unspecified atom stereocenters. The van der Waals surface area contributed by atoms with E-state index < -0.39 is 47.9 Å². The zero-order valence-corrected chi connectivity index (χ0v) is 23.0. The van der Waals surface area contributed by atoms with E-state index in [1.54, 1.807) is 6.92 Å². The molecule has 1 aliphatic heterocycles. The summed E-state index contributed by atoms with van der Waals surface area (Å²) in [5.74, 6) is 0.213.